The van der Waals surface area contributed by atoms with Crippen LogP contribution in [0.4, 0.5) is 5.69 Å². The molecule has 0 aromatic heterocycles. The Morgan fingerprint density at radius 1 is 1.10 bits per heavy atom. The molecule has 1 N–H and O–H groups in total. The summed E-state index contributed by atoms with van der Waals surface area (Å²) in [6, 6.07) is 12.4. The summed E-state index contributed by atoms with van der Waals surface area (Å²) in [6.45, 7) is 1.50. The highest BCUT2D eigenvalue weighted by Crippen LogP contribution is 2.45. The smallest absolute Gasteiger partial charge is 0.461 e. The number of nitro benzene ring substituents is 1. The molecule has 1 aliphatic carbocycles. The molecule has 1 fully saturated rings. The Morgan fingerprint density at radius 3 is 2.21 bits per heavy atom. The van der Waals surface area contributed by atoms with Crippen LogP contribution in [-0.4, -0.2) is 23.0 Å². The summed E-state index contributed by atoms with van der Waals surface area (Å²) < 4.78 is 29.7. The first kappa shape index (κ1) is 20.8. The van der Waals surface area contributed by atoms with E-state index in [2.05, 4.69) is 5.09 Å². The zero-order valence-corrected chi connectivity index (χ0v) is 16.6. The van der Waals surface area contributed by atoms with Crippen molar-refractivity contribution in [1.82, 2.24) is 5.09 Å². The Bertz CT molecular complexity index is 901. The molecule has 0 aliphatic heterocycles. The average Bonchev–Trinajstić information content (AvgIpc) is 2.65. The molecule has 2 aromatic carbocycles. The maximum Gasteiger partial charge on any atom is 0.513 e. The molecule has 0 spiro atoms. The molecule has 0 saturated heterocycles. The van der Waals surface area contributed by atoms with E-state index in [9.17, 15) is 19.5 Å². The molecule has 2 aromatic rings. The molecule has 154 valence electrons. The van der Waals surface area contributed by atoms with Gasteiger partial charge in [0.25, 0.3) is 5.69 Å². The highest BCUT2D eigenvalue weighted by Gasteiger charge is 2.35. The summed E-state index contributed by atoms with van der Waals surface area (Å²) in [5.41, 5.74) is -0.137. The van der Waals surface area contributed by atoms with Gasteiger partial charge in [0.1, 0.15) is 23.6 Å². The number of hydrogen-bond acceptors (Lipinski definition) is 7. The quantitative estimate of drug-likeness (QED) is 0.277. The number of nitrogens with one attached hydrogen (secondary N) is 1. The van der Waals surface area contributed by atoms with Crippen molar-refractivity contribution in [2.24, 2.45) is 0 Å². The molecule has 0 heterocycles. The number of nitro groups is 1. The summed E-state index contributed by atoms with van der Waals surface area (Å²) in [5, 5.41) is 13.4. The fourth-order valence-electron chi connectivity index (χ4n) is 2.50. The van der Waals surface area contributed by atoms with Gasteiger partial charge in [0, 0.05) is 12.1 Å². The summed E-state index contributed by atoms with van der Waals surface area (Å²) in [5.74, 6) is -0.203. The Morgan fingerprint density at radius 2 is 1.69 bits per heavy atom. The van der Waals surface area contributed by atoms with Crippen LogP contribution in [0.25, 0.3) is 0 Å². The van der Waals surface area contributed by atoms with Gasteiger partial charge in [-0.3, -0.25) is 14.9 Å². The molecule has 0 bridgehead atoms. The monoisotopic (exact) mass is 420 g/mol. The SMILES string of the molecule is C[C@H](NP(=O)(Oc1ccccc1)Oc1ccc([N+](=O)[O-])cc1)C(=O)OC1CCC1. The summed E-state index contributed by atoms with van der Waals surface area (Å²) in [7, 11) is -4.07. The van der Waals surface area contributed by atoms with Crippen LogP contribution in [0.2, 0.25) is 0 Å². The second-order valence-electron chi connectivity index (χ2n) is 6.58. The number of hydrogen-bond donors (Lipinski definition) is 1. The predicted molar refractivity (Wildman–Crippen MR) is 105 cm³/mol. The normalized spacial score (nSPS) is 16.7. The van der Waals surface area contributed by atoms with Gasteiger partial charge in [-0.05, 0) is 50.5 Å². The van der Waals surface area contributed by atoms with E-state index in [1.165, 1.54) is 31.2 Å². The number of carbonyl (C=O) groups excluding carboxylic acids is 1. The third-order valence-corrected chi connectivity index (χ3v) is 5.89. The molecular weight excluding hydrogens is 399 g/mol. The Kier molecular flexibility index (Phi) is 6.51. The van der Waals surface area contributed by atoms with Crippen molar-refractivity contribution in [2.75, 3.05) is 0 Å². The number of para-hydroxylation sites is 1. The molecule has 1 saturated carbocycles. The molecule has 29 heavy (non-hydrogen) atoms. The first-order chi connectivity index (χ1) is 13.8. The number of ether oxygens (including phenoxy) is 1. The summed E-state index contributed by atoms with van der Waals surface area (Å²) in [6.07, 6.45) is 2.53. The number of benzene rings is 2. The minimum Gasteiger partial charge on any atom is -0.461 e. The van der Waals surface area contributed by atoms with Crippen LogP contribution in [0.3, 0.4) is 0 Å². The van der Waals surface area contributed by atoms with Gasteiger partial charge in [-0.25, -0.2) is 4.57 Å². The van der Waals surface area contributed by atoms with Crippen LogP contribution in [0, 0.1) is 10.1 Å². The van der Waals surface area contributed by atoms with Gasteiger partial charge in [0.15, 0.2) is 0 Å². The maximum atomic E-state index is 13.4. The van der Waals surface area contributed by atoms with Crippen LogP contribution in [0.15, 0.2) is 54.6 Å². The lowest BCUT2D eigenvalue weighted by molar-refractivity contribution is -0.384. The fourth-order valence-corrected chi connectivity index (χ4v) is 4.02. The molecule has 0 amide bonds. The standard InChI is InChI=1S/C19H21N2O7P/c1-14(19(22)26-16-8-5-9-16)20-29(25,27-17-6-3-2-4-7-17)28-18-12-10-15(11-13-18)21(23)24/h2-4,6-7,10-14,16H,5,8-9H2,1H3,(H,20,25)/t14-,29?/m0/s1. The van der Waals surface area contributed by atoms with Crippen LogP contribution < -0.4 is 14.1 Å². The van der Waals surface area contributed by atoms with Crippen molar-refractivity contribution < 1.29 is 28.1 Å². The summed E-state index contributed by atoms with van der Waals surface area (Å²) >= 11 is 0. The Labute approximate surface area is 167 Å². The zero-order valence-electron chi connectivity index (χ0n) is 15.7. The first-order valence-corrected chi connectivity index (χ1v) is 10.7. The van der Waals surface area contributed by atoms with Crippen molar-refractivity contribution in [1.29, 1.82) is 0 Å². The second-order valence-corrected chi connectivity index (χ2v) is 8.20. The summed E-state index contributed by atoms with van der Waals surface area (Å²) in [4.78, 5) is 22.5. The van der Waals surface area contributed by atoms with Crippen LogP contribution in [0.5, 0.6) is 11.5 Å². The predicted octanol–water partition coefficient (Wildman–Crippen LogP) is 4.23. The minimum absolute atomic E-state index is 0.0851. The number of esters is 1. The van der Waals surface area contributed by atoms with Crippen LogP contribution in [0.1, 0.15) is 26.2 Å². The Hall–Kier alpha value is -2.90. The van der Waals surface area contributed by atoms with Crippen LogP contribution >= 0.6 is 7.75 Å². The van der Waals surface area contributed by atoms with Gasteiger partial charge in [-0.1, -0.05) is 18.2 Å². The van der Waals surface area contributed by atoms with Gasteiger partial charge in [-0.2, -0.15) is 5.09 Å². The van der Waals surface area contributed by atoms with Crippen molar-refractivity contribution in [3.63, 3.8) is 0 Å². The van der Waals surface area contributed by atoms with E-state index < -0.39 is 24.7 Å². The van der Waals surface area contributed by atoms with Crippen molar-refractivity contribution in [2.45, 2.75) is 38.3 Å². The van der Waals surface area contributed by atoms with Gasteiger partial charge >= 0.3 is 13.7 Å². The minimum atomic E-state index is -4.07. The largest absolute Gasteiger partial charge is 0.513 e. The second kappa shape index (κ2) is 9.07. The molecule has 3 rings (SSSR count). The van der Waals surface area contributed by atoms with E-state index in [4.69, 9.17) is 13.8 Å². The average molecular weight is 420 g/mol. The third-order valence-electron chi connectivity index (χ3n) is 4.28. The fraction of sp³-hybridized carbons (Fsp3) is 0.316. The molecule has 9 nitrogen and oxygen atoms in total. The number of nitrogens with zero attached hydrogens (tertiary/aromatic N) is 1. The molecule has 10 heteroatoms. The van der Waals surface area contributed by atoms with Crippen molar-refractivity contribution >= 4 is 19.4 Å². The lowest BCUT2D eigenvalue weighted by Gasteiger charge is -2.28. The topological polar surface area (TPSA) is 117 Å². The first-order valence-electron chi connectivity index (χ1n) is 9.12. The van der Waals surface area contributed by atoms with E-state index in [1.807, 2.05) is 0 Å². The van der Waals surface area contributed by atoms with Crippen molar-refractivity contribution in [3.8, 4) is 11.5 Å². The van der Waals surface area contributed by atoms with Gasteiger partial charge < -0.3 is 13.8 Å². The van der Waals surface area contributed by atoms with E-state index in [-0.39, 0.29) is 23.3 Å². The lowest BCUT2D eigenvalue weighted by atomic mass is 9.96. The Balaban J connectivity index is 1.75. The molecule has 2 atom stereocenters. The van der Waals surface area contributed by atoms with Gasteiger partial charge in [-0.15, -0.1) is 0 Å². The molecule has 1 unspecified atom stereocenters. The molecular formula is C19H21N2O7P. The molecule has 1 aliphatic rings. The van der Waals surface area contributed by atoms with Crippen molar-refractivity contribution in [3.05, 3.63) is 64.7 Å². The van der Waals surface area contributed by atoms with E-state index in [0.717, 1.165) is 19.3 Å². The number of rotatable bonds is 9. The highest BCUT2D eigenvalue weighted by atomic mass is 31.2. The van der Waals surface area contributed by atoms with Gasteiger partial charge in [0.05, 0.1) is 4.92 Å². The van der Waals surface area contributed by atoms with E-state index in [0.29, 0.717) is 0 Å². The maximum absolute atomic E-state index is 13.4. The zero-order chi connectivity index (χ0) is 20.9. The number of carbonyl (C=O) groups is 1. The third kappa shape index (κ3) is 5.79. The van der Waals surface area contributed by atoms with Gasteiger partial charge in [0.2, 0.25) is 0 Å². The van der Waals surface area contributed by atoms with Crippen LogP contribution in [-0.2, 0) is 14.1 Å². The molecule has 0 radical (unpaired) electrons. The lowest BCUT2D eigenvalue weighted by Crippen LogP contribution is -2.39. The van der Waals surface area contributed by atoms with E-state index >= 15 is 0 Å². The highest BCUT2D eigenvalue weighted by molar-refractivity contribution is 7.52. The van der Waals surface area contributed by atoms with E-state index in [1.54, 1.807) is 30.3 Å². The number of non-ortho nitro benzene ring substituents is 1.